The summed E-state index contributed by atoms with van der Waals surface area (Å²) in [5.41, 5.74) is 2.58. The Morgan fingerprint density at radius 1 is 1.04 bits per heavy atom. The lowest BCUT2D eigenvalue weighted by molar-refractivity contribution is 0.0195. The van der Waals surface area contributed by atoms with E-state index in [2.05, 4.69) is 4.98 Å². The van der Waals surface area contributed by atoms with Crippen molar-refractivity contribution < 1.29 is 24.4 Å². The minimum absolute atomic E-state index is 0.153. The van der Waals surface area contributed by atoms with Gasteiger partial charge >= 0.3 is 0 Å². The number of ether oxygens (including phenoxy) is 3. The molecule has 1 aromatic heterocycles. The molecule has 0 spiro atoms. The summed E-state index contributed by atoms with van der Waals surface area (Å²) in [4.78, 5) is 4.46. The molecule has 0 aliphatic heterocycles. The maximum Gasteiger partial charge on any atom is 0.161 e. The van der Waals surface area contributed by atoms with E-state index in [1.807, 2.05) is 47.0 Å². The number of benzene rings is 2. The van der Waals surface area contributed by atoms with Crippen LogP contribution in [-0.2, 0) is 17.9 Å². The molecule has 1 heterocycles. The fraction of sp³-hybridized carbons (Fsp3) is 0.381. The second-order valence-electron chi connectivity index (χ2n) is 6.60. The number of imidazole rings is 1. The summed E-state index contributed by atoms with van der Waals surface area (Å²) in [6.07, 6.45) is -1.47. The molecule has 0 unspecified atom stereocenters. The first kappa shape index (κ1) is 20.1. The van der Waals surface area contributed by atoms with Crippen LogP contribution in [0.2, 0.25) is 0 Å². The topological polar surface area (TPSA) is 86.0 Å². The minimum atomic E-state index is -0.741. The molecule has 0 radical (unpaired) electrons. The molecule has 3 aromatic rings. The maximum atomic E-state index is 10.4. The van der Waals surface area contributed by atoms with Gasteiger partial charge in [0.25, 0.3) is 0 Å². The third-order valence-electron chi connectivity index (χ3n) is 4.48. The van der Waals surface area contributed by atoms with Gasteiger partial charge in [0.05, 0.1) is 51.1 Å². The highest BCUT2D eigenvalue weighted by molar-refractivity contribution is 5.76. The van der Waals surface area contributed by atoms with Gasteiger partial charge in [-0.3, -0.25) is 0 Å². The molecule has 0 saturated carbocycles. The molecule has 2 atom stereocenters. The van der Waals surface area contributed by atoms with Crippen molar-refractivity contribution in [1.29, 1.82) is 0 Å². The van der Waals surface area contributed by atoms with Gasteiger partial charge in [-0.1, -0.05) is 18.2 Å². The Labute approximate surface area is 164 Å². The molecule has 0 fully saturated rings. The Kier molecular flexibility index (Phi) is 6.51. The molecule has 0 aliphatic carbocycles. The van der Waals surface area contributed by atoms with Crippen molar-refractivity contribution in [3.8, 4) is 11.5 Å². The summed E-state index contributed by atoms with van der Waals surface area (Å²) >= 11 is 0. The standard InChI is InChI=1S/C21H26N2O5/c1-14(24)21-22-17-6-4-5-7-18(17)23(21)11-16(25)13-28-12-15-8-9-19(26-2)20(10-15)27-3/h4-10,14,16,24-25H,11-13H2,1-3H3/t14-,16-/m1/s1. The zero-order valence-corrected chi connectivity index (χ0v) is 16.3. The second-order valence-corrected chi connectivity index (χ2v) is 6.60. The van der Waals surface area contributed by atoms with Crippen molar-refractivity contribution in [2.24, 2.45) is 0 Å². The van der Waals surface area contributed by atoms with Gasteiger partial charge in [0.15, 0.2) is 11.5 Å². The lowest BCUT2D eigenvalue weighted by Crippen LogP contribution is -2.23. The number of methoxy groups -OCH3 is 2. The number of aliphatic hydroxyl groups excluding tert-OH is 2. The molecule has 150 valence electrons. The van der Waals surface area contributed by atoms with E-state index < -0.39 is 12.2 Å². The van der Waals surface area contributed by atoms with E-state index >= 15 is 0 Å². The quantitative estimate of drug-likeness (QED) is 0.588. The minimum Gasteiger partial charge on any atom is -0.493 e. The van der Waals surface area contributed by atoms with Crippen LogP contribution in [0.15, 0.2) is 42.5 Å². The first-order chi connectivity index (χ1) is 13.5. The van der Waals surface area contributed by atoms with Gasteiger partial charge in [-0.2, -0.15) is 0 Å². The Morgan fingerprint density at radius 3 is 2.50 bits per heavy atom. The van der Waals surface area contributed by atoms with E-state index in [-0.39, 0.29) is 13.2 Å². The fourth-order valence-electron chi connectivity index (χ4n) is 3.15. The van der Waals surface area contributed by atoms with Crippen LogP contribution >= 0.6 is 0 Å². The highest BCUT2D eigenvalue weighted by atomic mass is 16.5. The number of aromatic nitrogens is 2. The summed E-state index contributed by atoms with van der Waals surface area (Å²) in [5.74, 6) is 1.82. The molecule has 7 nitrogen and oxygen atoms in total. The summed E-state index contributed by atoms with van der Waals surface area (Å²) in [6, 6.07) is 13.2. The molecule has 28 heavy (non-hydrogen) atoms. The number of para-hydroxylation sites is 2. The smallest absolute Gasteiger partial charge is 0.161 e. The zero-order valence-electron chi connectivity index (χ0n) is 16.3. The normalized spacial score (nSPS) is 13.5. The van der Waals surface area contributed by atoms with Gasteiger partial charge < -0.3 is 29.0 Å². The lowest BCUT2D eigenvalue weighted by atomic mass is 10.2. The molecule has 0 saturated heterocycles. The van der Waals surface area contributed by atoms with Gasteiger partial charge in [-0.15, -0.1) is 0 Å². The lowest BCUT2D eigenvalue weighted by Gasteiger charge is -2.16. The summed E-state index contributed by atoms with van der Waals surface area (Å²) in [6.45, 7) is 2.44. The van der Waals surface area contributed by atoms with Crippen LogP contribution in [0.3, 0.4) is 0 Å². The molecular formula is C21H26N2O5. The molecule has 2 N–H and O–H groups in total. The number of hydrogen-bond acceptors (Lipinski definition) is 6. The first-order valence-electron chi connectivity index (χ1n) is 9.13. The Hall–Kier alpha value is -2.61. The predicted octanol–water partition coefficient (Wildman–Crippen LogP) is 2.68. The fourth-order valence-corrected chi connectivity index (χ4v) is 3.15. The van der Waals surface area contributed by atoms with Crippen molar-refractivity contribution >= 4 is 11.0 Å². The van der Waals surface area contributed by atoms with Gasteiger partial charge in [-0.25, -0.2) is 4.98 Å². The number of rotatable bonds is 9. The van der Waals surface area contributed by atoms with Crippen LogP contribution in [0, 0.1) is 0 Å². The van der Waals surface area contributed by atoms with E-state index in [4.69, 9.17) is 14.2 Å². The molecule has 0 bridgehead atoms. The van der Waals surface area contributed by atoms with Crippen molar-refractivity contribution in [3.05, 3.63) is 53.9 Å². The highest BCUT2D eigenvalue weighted by Gasteiger charge is 2.17. The van der Waals surface area contributed by atoms with Crippen LogP contribution in [-0.4, -0.2) is 46.7 Å². The Bertz CT molecular complexity index is 922. The maximum absolute atomic E-state index is 10.4. The van der Waals surface area contributed by atoms with Gasteiger partial charge in [0.2, 0.25) is 0 Å². The van der Waals surface area contributed by atoms with Gasteiger partial charge in [-0.05, 0) is 36.8 Å². The van der Waals surface area contributed by atoms with E-state index in [0.717, 1.165) is 16.6 Å². The molecule has 0 aliphatic rings. The SMILES string of the molecule is COc1ccc(COC[C@H](O)Cn2c([C@@H](C)O)nc3ccccc32)cc1OC. The van der Waals surface area contributed by atoms with Crippen molar-refractivity contribution in [2.45, 2.75) is 32.3 Å². The molecular weight excluding hydrogens is 360 g/mol. The molecule has 3 rings (SSSR count). The van der Waals surface area contributed by atoms with E-state index in [1.54, 1.807) is 21.1 Å². The molecule has 7 heteroatoms. The second kappa shape index (κ2) is 9.05. The van der Waals surface area contributed by atoms with E-state index in [0.29, 0.717) is 23.9 Å². The molecule has 0 amide bonds. The Morgan fingerprint density at radius 2 is 1.79 bits per heavy atom. The van der Waals surface area contributed by atoms with Crippen molar-refractivity contribution in [2.75, 3.05) is 20.8 Å². The van der Waals surface area contributed by atoms with Crippen LogP contribution < -0.4 is 9.47 Å². The van der Waals surface area contributed by atoms with Crippen LogP contribution in [0.5, 0.6) is 11.5 Å². The van der Waals surface area contributed by atoms with Crippen LogP contribution in [0.4, 0.5) is 0 Å². The number of nitrogens with zero attached hydrogens (tertiary/aromatic N) is 2. The predicted molar refractivity (Wildman–Crippen MR) is 106 cm³/mol. The van der Waals surface area contributed by atoms with Gasteiger partial charge in [0.1, 0.15) is 11.9 Å². The number of fused-ring (bicyclic) bond motifs is 1. The van der Waals surface area contributed by atoms with Crippen LogP contribution in [0.25, 0.3) is 11.0 Å². The van der Waals surface area contributed by atoms with Gasteiger partial charge in [0, 0.05) is 0 Å². The summed E-state index contributed by atoms with van der Waals surface area (Å²) < 4.78 is 18.0. The van der Waals surface area contributed by atoms with E-state index in [1.165, 1.54) is 0 Å². The summed E-state index contributed by atoms with van der Waals surface area (Å²) in [5, 5.41) is 20.5. The van der Waals surface area contributed by atoms with E-state index in [9.17, 15) is 10.2 Å². The number of hydrogen-bond donors (Lipinski definition) is 2. The first-order valence-corrected chi connectivity index (χ1v) is 9.13. The zero-order chi connectivity index (χ0) is 20.1. The average molecular weight is 386 g/mol. The highest BCUT2D eigenvalue weighted by Crippen LogP contribution is 2.28. The number of aliphatic hydroxyl groups is 2. The average Bonchev–Trinajstić information content (AvgIpc) is 3.06. The Balaban J connectivity index is 1.63. The van der Waals surface area contributed by atoms with Crippen molar-refractivity contribution in [3.63, 3.8) is 0 Å². The molecule has 2 aromatic carbocycles. The summed E-state index contributed by atoms with van der Waals surface area (Å²) in [7, 11) is 3.17. The van der Waals surface area contributed by atoms with Crippen LogP contribution in [0.1, 0.15) is 24.4 Å². The third-order valence-corrected chi connectivity index (χ3v) is 4.48. The third kappa shape index (κ3) is 4.44. The van der Waals surface area contributed by atoms with Crippen molar-refractivity contribution in [1.82, 2.24) is 9.55 Å². The monoisotopic (exact) mass is 386 g/mol. The largest absolute Gasteiger partial charge is 0.493 e.